The van der Waals surface area contributed by atoms with Crippen molar-refractivity contribution >= 4 is 46.7 Å². The van der Waals surface area contributed by atoms with Crippen molar-refractivity contribution in [3.63, 3.8) is 0 Å². The molecule has 2 unspecified atom stereocenters. The number of rotatable bonds is 7. The summed E-state index contributed by atoms with van der Waals surface area (Å²) in [5, 5.41) is 9.38. The Bertz CT molecular complexity index is 1870. The minimum atomic E-state index is -4.73. The van der Waals surface area contributed by atoms with Gasteiger partial charge in [0.15, 0.2) is 0 Å². The van der Waals surface area contributed by atoms with Crippen LogP contribution in [0.3, 0.4) is 0 Å². The highest BCUT2D eigenvalue weighted by molar-refractivity contribution is 8.00. The van der Waals surface area contributed by atoms with Gasteiger partial charge in [-0.1, -0.05) is 19.1 Å². The zero-order chi connectivity index (χ0) is 37.2. The van der Waals surface area contributed by atoms with E-state index in [1.165, 1.54) is 0 Å². The van der Waals surface area contributed by atoms with E-state index in [-0.39, 0.29) is 49.4 Å². The molecule has 1 aliphatic carbocycles. The fourth-order valence-electron chi connectivity index (χ4n) is 7.07. The molecule has 2 N–H and O–H groups in total. The number of anilines is 2. The number of aromatic nitrogens is 2. The number of carbonyl (C=O) groups excluding carboxylic acids is 1. The Kier molecular flexibility index (Phi) is 11.3. The zero-order valence-corrected chi connectivity index (χ0v) is 29.2. The van der Waals surface area contributed by atoms with E-state index in [9.17, 15) is 31.1 Å². The molecule has 0 spiro atoms. The molecule has 8 nitrogen and oxygen atoms in total. The number of fused-ring (bicyclic) bond motifs is 1. The standard InChI is InChI=1S/C35H37F6N5OS.CH2O2/c1-20-27(22-5-8-24(9-6-22)45(4)48-26-10-12-32-31(18-26)42-21(2)44(32)3)16-25(46-14-13-34(37,38)19-46)17-28(20)33(47)43-30-11-7-23(15-29(30)36)35(39,40)41;2-1-3/h5-12,15,18,20,25,27-28H,13-14,16-17,19H2,1-4H3,(H,43,47);1H,(H,2,3)/t20-,25+,27?,28?;/m1./s1. The monoisotopic (exact) mass is 735 g/mol. The van der Waals surface area contributed by atoms with E-state index < -0.39 is 41.8 Å². The van der Waals surface area contributed by atoms with Crippen molar-refractivity contribution < 1.29 is 41.0 Å². The summed E-state index contributed by atoms with van der Waals surface area (Å²) in [7, 11) is 3.94. The first-order valence-electron chi connectivity index (χ1n) is 16.3. The number of nitrogens with zero attached hydrogens (tertiary/aromatic N) is 4. The number of likely N-dealkylation sites (tertiary alicyclic amines) is 1. The number of carbonyl (C=O) groups is 2. The first kappa shape index (κ1) is 38.0. The van der Waals surface area contributed by atoms with Gasteiger partial charge in [0.2, 0.25) is 5.91 Å². The maximum Gasteiger partial charge on any atom is 0.416 e. The summed E-state index contributed by atoms with van der Waals surface area (Å²) in [6, 6.07) is 15.7. The van der Waals surface area contributed by atoms with E-state index in [2.05, 4.69) is 10.3 Å². The third-order valence-electron chi connectivity index (χ3n) is 9.93. The highest BCUT2D eigenvalue weighted by Gasteiger charge is 2.46. The van der Waals surface area contributed by atoms with Crippen molar-refractivity contribution in [1.29, 1.82) is 0 Å². The van der Waals surface area contributed by atoms with E-state index in [1.807, 2.05) is 79.3 Å². The first-order valence-corrected chi connectivity index (χ1v) is 17.1. The molecule has 0 bridgehead atoms. The second-order valence-electron chi connectivity index (χ2n) is 13.1. The van der Waals surface area contributed by atoms with Crippen LogP contribution in [0.1, 0.15) is 49.1 Å². The maximum atomic E-state index is 14.7. The second-order valence-corrected chi connectivity index (χ2v) is 14.3. The van der Waals surface area contributed by atoms with E-state index in [0.717, 1.165) is 45.1 Å². The lowest BCUT2D eigenvalue weighted by molar-refractivity contribution is -0.137. The van der Waals surface area contributed by atoms with Gasteiger partial charge in [0.05, 0.1) is 28.8 Å². The number of hydrogen-bond donors (Lipinski definition) is 2. The normalized spacial score (nSPS) is 21.9. The lowest BCUT2D eigenvalue weighted by Gasteiger charge is -2.43. The Labute approximate surface area is 296 Å². The highest BCUT2D eigenvalue weighted by atomic mass is 32.2. The summed E-state index contributed by atoms with van der Waals surface area (Å²) in [5.41, 5.74) is 2.35. The third kappa shape index (κ3) is 8.63. The van der Waals surface area contributed by atoms with Gasteiger partial charge in [0.25, 0.3) is 12.4 Å². The number of hydrogen-bond acceptors (Lipinski definition) is 6. The van der Waals surface area contributed by atoms with Crippen LogP contribution in [-0.2, 0) is 22.8 Å². The lowest BCUT2D eigenvalue weighted by Crippen LogP contribution is -2.46. The fraction of sp³-hybridized carbons (Fsp3) is 0.417. The quantitative estimate of drug-likeness (QED) is 0.112. The van der Waals surface area contributed by atoms with Gasteiger partial charge >= 0.3 is 6.18 Å². The van der Waals surface area contributed by atoms with Crippen LogP contribution in [0.5, 0.6) is 0 Å². The first-order chi connectivity index (χ1) is 24.0. The molecular formula is C36H39F6N5O3S. The Morgan fingerprint density at radius 1 is 1.10 bits per heavy atom. The molecule has 1 saturated heterocycles. The lowest BCUT2D eigenvalue weighted by atomic mass is 9.67. The molecule has 1 saturated carbocycles. The number of imidazole rings is 1. The number of amides is 1. The average Bonchev–Trinajstić information content (AvgIpc) is 3.58. The van der Waals surface area contributed by atoms with Crippen molar-refractivity contribution in [2.45, 2.75) is 62.1 Å². The van der Waals surface area contributed by atoms with E-state index in [4.69, 9.17) is 9.90 Å². The Hall–Kier alpha value is -4.24. The summed E-state index contributed by atoms with van der Waals surface area (Å²) >= 11 is 1.55. The van der Waals surface area contributed by atoms with Crippen LogP contribution in [0, 0.1) is 24.6 Å². The number of aryl methyl sites for hydroxylation is 2. The maximum absolute atomic E-state index is 14.7. The van der Waals surface area contributed by atoms with Crippen LogP contribution in [0.15, 0.2) is 65.6 Å². The smallest absolute Gasteiger partial charge is 0.416 e. The van der Waals surface area contributed by atoms with Crippen LogP contribution >= 0.6 is 11.9 Å². The molecule has 4 aromatic rings. The van der Waals surface area contributed by atoms with E-state index in [0.29, 0.717) is 12.5 Å². The van der Waals surface area contributed by atoms with Crippen molar-refractivity contribution in [1.82, 2.24) is 14.5 Å². The molecule has 1 aromatic heterocycles. The van der Waals surface area contributed by atoms with Gasteiger partial charge in [-0.25, -0.2) is 18.2 Å². The molecule has 1 amide bonds. The number of carboxylic acid groups (broad SMARTS) is 1. The van der Waals surface area contributed by atoms with Crippen LogP contribution in [0.25, 0.3) is 11.0 Å². The van der Waals surface area contributed by atoms with Crippen LogP contribution in [-0.4, -0.2) is 64.0 Å². The third-order valence-corrected chi connectivity index (χ3v) is 10.9. The van der Waals surface area contributed by atoms with Crippen molar-refractivity contribution in [2.24, 2.45) is 18.9 Å². The molecule has 3 aromatic carbocycles. The summed E-state index contributed by atoms with van der Waals surface area (Å²) < 4.78 is 86.5. The highest BCUT2D eigenvalue weighted by Crippen LogP contribution is 2.45. The molecule has 15 heteroatoms. The van der Waals surface area contributed by atoms with Gasteiger partial charge < -0.3 is 19.3 Å². The molecule has 2 aliphatic rings. The second kappa shape index (κ2) is 15.2. The molecule has 1 aliphatic heterocycles. The summed E-state index contributed by atoms with van der Waals surface area (Å²) in [6.45, 7) is 3.43. The number of alkyl halides is 5. The summed E-state index contributed by atoms with van der Waals surface area (Å²) in [6.07, 6.45) is -4.15. The number of benzene rings is 3. The van der Waals surface area contributed by atoms with Gasteiger partial charge in [-0.3, -0.25) is 14.5 Å². The Morgan fingerprint density at radius 2 is 1.78 bits per heavy atom. The van der Waals surface area contributed by atoms with Crippen molar-refractivity contribution in [2.75, 3.05) is 29.8 Å². The van der Waals surface area contributed by atoms with Gasteiger partial charge in [-0.2, -0.15) is 13.2 Å². The number of halogens is 6. The van der Waals surface area contributed by atoms with Gasteiger partial charge in [0.1, 0.15) is 11.6 Å². The average molecular weight is 736 g/mol. The van der Waals surface area contributed by atoms with Crippen LogP contribution in [0.2, 0.25) is 0 Å². The van der Waals surface area contributed by atoms with Gasteiger partial charge in [0, 0.05) is 49.6 Å². The predicted octanol–water partition coefficient (Wildman–Crippen LogP) is 8.36. The zero-order valence-electron chi connectivity index (χ0n) is 28.4. The minimum Gasteiger partial charge on any atom is -0.483 e. The molecule has 4 atom stereocenters. The summed E-state index contributed by atoms with van der Waals surface area (Å²) in [4.78, 5) is 29.4. The van der Waals surface area contributed by atoms with E-state index in [1.54, 1.807) is 16.8 Å². The SMILES string of the molecule is Cc1nc2cc(SN(C)c3ccc(C4C[C@H](N5CCC(F)(F)C5)CC(C(=O)Nc5ccc(C(F)(F)F)cc5F)[C@@H]4C)cc3)ccc2n1C.O=CO. The largest absolute Gasteiger partial charge is 0.483 e. The van der Waals surface area contributed by atoms with Gasteiger partial charge in [-0.15, -0.1) is 0 Å². The van der Waals surface area contributed by atoms with Crippen LogP contribution < -0.4 is 9.62 Å². The topological polar surface area (TPSA) is 90.7 Å². The number of nitrogens with one attached hydrogen (secondary N) is 1. The predicted molar refractivity (Wildman–Crippen MR) is 184 cm³/mol. The molecular weight excluding hydrogens is 696 g/mol. The Balaban J connectivity index is 0.00000162. The van der Waals surface area contributed by atoms with Crippen molar-refractivity contribution in [3.05, 3.63) is 83.4 Å². The molecule has 0 radical (unpaired) electrons. The van der Waals surface area contributed by atoms with Gasteiger partial charge in [-0.05, 0) is 97.6 Å². The Morgan fingerprint density at radius 3 is 2.39 bits per heavy atom. The molecule has 2 heterocycles. The fourth-order valence-corrected chi connectivity index (χ4v) is 7.90. The minimum absolute atomic E-state index is 0.173. The van der Waals surface area contributed by atoms with Crippen LogP contribution in [0.4, 0.5) is 37.7 Å². The molecule has 274 valence electrons. The molecule has 51 heavy (non-hydrogen) atoms. The van der Waals surface area contributed by atoms with E-state index >= 15 is 0 Å². The molecule has 6 rings (SSSR count). The van der Waals surface area contributed by atoms with Crippen molar-refractivity contribution in [3.8, 4) is 0 Å². The molecule has 2 fully saturated rings. The summed E-state index contributed by atoms with van der Waals surface area (Å²) in [5.74, 6) is -4.74.